The number of carbonyl (C=O) groups is 1. The van der Waals surface area contributed by atoms with Crippen molar-refractivity contribution < 1.29 is 30.0 Å². The number of nitrogens with one attached hydrogen (secondary N) is 1. The molecule has 0 aromatic heterocycles. The average Bonchev–Trinajstić information content (AvgIpc) is 3.79. The number of epoxide rings is 1. The summed E-state index contributed by atoms with van der Waals surface area (Å²) in [6, 6.07) is 0. The fourth-order valence-electron chi connectivity index (χ4n) is 12.1. The number of carbonyl (C=O) groups excluding carboxylic acids is 1. The van der Waals surface area contributed by atoms with Crippen LogP contribution in [0, 0.1) is 39.9 Å². The molecule has 0 aromatic rings. The van der Waals surface area contributed by atoms with Crippen molar-refractivity contribution in [1.29, 1.82) is 0 Å². The minimum absolute atomic E-state index is 0.0301. The average molecular weight is 653 g/mol. The van der Waals surface area contributed by atoms with Crippen LogP contribution in [0.3, 0.4) is 0 Å². The van der Waals surface area contributed by atoms with Gasteiger partial charge in [0.1, 0.15) is 12.2 Å². The molecule has 7 N–H and O–H groups in total. The molecule has 47 heavy (non-hydrogen) atoms. The van der Waals surface area contributed by atoms with Gasteiger partial charge in [0.25, 0.3) is 0 Å². The van der Waals surface area contributed by atoms with E-state index in [1.807, 2.05) is 13.0 Å². The Morgan fingerprint density at radius 1 is 1.04 bits per heavy atom. The smallest absolute Gasteiger partial charge is 0.162 e. The van der Waals surface area contributed by atoms with Crippen LogP contribution in [0.2, 0.25) is 0 Å². The van der Waals surface area contributed by atoms with Crippen molar-refractivity contribution in [2.75, 3.05) is 6.54 Å². The summed E-state index contributed by atoms with van der Waals surface area (Å²) >= 11 is 0. The molecule has 4 fully saturated rings. The summed E-state index contributed by atoms with van der Waals surface area (Å²) in [5, 5.41) is 52.1. The van der Waals surface area contributed by atoms with E-state index in [0.717, 1.165) is 61.7 Å². The van der Waals surface area contributed by atoms with E-state index < -0.39 is 45.9 Å². The Morgan fingerprint density at radius 3 is 2.49 bits per heavy atom. The Hall–Kier alpha value is -1.71. The van der Waals surface area contributed by atoms with Crippen molar-refractivity contribution in [3.05, 3.63) is 34.7 Å². The number of hydrogen-bond donors (Lipinski definition) is 6. The number of ether oxygens (including phenoxy) is 1. The summed E-state index contributed by atoms with van der Waals surface area (Å²) in [4.78, 5) is 14.2. The zero-order valence-corrected chi connectivity index (χ0v) is 29.6. The van der Waals surface area contributed by atoms with Crippen molar-refractivity contribution in [2.45, 2.75) is 154 Å². The highest BCUT2D eigenvalue weighted by atomic mass is 16.6. The number of rotatable bonds is 9. The summed E-state index contributed by atoms with van der Waals surface area (Å²) in [7, 11) is 0. The number of aliphatic hydroxyl groups excluding tert-OH is 1. The van der Waals surface area contributed by atoms with Crippen molar-refractivity contribution in [1.82, 2.24) is 5.32 Å². The Morgan fingerprint density at radius 2 is 1.79 bits per heavy atom. The van der Waals surface area contributed by atoms with Crippen LogP contribution in [0.1, 0.15) is 119 Å². The predicted octanol–water partition coefficient (Wildman–Crippen LogP) is 4.80. The first-order valence-electron chi connectivity index (χ1n) is 18.6. The van der Waals surface area contributed by atoms with Gasteiger partial charge >= 0.3 is 0 Å². The molecule has 0 bridgehead atoms. The predicted molar refractivity (Wildman–Crippen MR) is 181 cm³/mol. The minimum atomic E-state index is -1.22. The van der Waals surface area contributed by atoms with Crippen molar-refractivity contribution in [3.63, 3.8) is 0 Å². The van der Waals surface area contributed by atoms with Crippen LogP contribution in [-0.2, 0) is 9.53 Å². The summed E-state index contributed by atoms with van der Waals surface area (Å²) in [6.07, 6.45) is 11.2. The first-order chi connectivity index (χ1) is 22.0. The lowest BCUT2D eigenvalue weighted by atomic mass is 9.42. The van der Waals surface area contributed by atoms with Gasteiger partial charge in [0.2, 0.25) is 0 Å². The van der Waals surface area contributed by atoms with E-state index in [-0.39, 0.29) is 34.9 Å². The van der Waals surface area contributed by atoms with Crippen LogP contribution in [0.25, 0.3) is 0 Å². The lowest BCUT2D eigenvalue weighted by molar-refractivity contribution is -0.168. The monoisotopic (exact) mass is 652 g/mol. The Balaban J connectivity index is 1.19. The highest BCUT2D eigenvalue weighted by Crippen LogP contribution is 2.74. The lowest BCUT2D eigenvalue weighted by Crippen LogP contribution is -2.65. The molecule has 0 amide bonds. The molecule has 7 aliphatic rings. The molecular formula is C39H60N2O6. The maximum Gasteiger partial charge on any atom is 0.162 e. The van der Waals surface area contributed by atoms with Crippen molar-refractivity contribution in [3.8, 4) is 0 Å². The van der Waals surface area contributed by atoms with Gasteiger partial charge in [-0.05, 0) is 129 Å². The fraction of sp³-hybridized carbons (Fsp3) is 0.821. The van der Waals surface area contributed by atoms with Gasteiger partial charge in [-0.15, -0.1) is 0 Å². The molecule has 0 radical (unpaired) electrons. The standard InChI is InChI=1S/C39H60N2O6/c1-7-14-38(45,33-32(47-33)37(6,44)34(2,3)15-10-22-13-18-41-29(40)19-22)28-20-23-8-9-25-30-26(12-17-36(28,5)39(23,30)46)35(4)16-11-24(42)21-27(35)31(25)43/h13,19,23-24,26-28,32-33,41-42,44-46H,7-12,14-18,20-21,40H2,1-6H3/t23-,24-,26-,27-,28-,32-,33-,35+,36+,37-,38+,39+/m0/s1. The quantitative estimate of drug-likeness (QED) is 0.195. The normalized spacial score (nSPS) is 45.1. The van der Waals surface area contributed by atoms with Crippen molar-refractivity contribution in [2.24, 2.45) is 45.7 Å². The zero-order valence-electron chi connectivity index (χ0n) is 29.6. The largest absolute Gasteiger partial charge is 0.393 e. The molecule has 12 atom stereocenters. The van der Waals surface area contributed by atoms with E-state index in [1.54, 1.807) is 0 Å². The summed E-state index contributed by atoms with van der Waals surface area (Å²) < 4.78 is 6.44. The molecule has 8 heteroatoms. The zero-order chi connectivity index (χ0) is 33.9. The van der Waals surface area contributed by atoms with Crippen LogP contribution < -0.4 is 11.1 Å². The number of hydrogen-bond acceptors (Lipinski definition) is 8. The van der Waals surface area contributed by atoms with Gasteiger partial charge in [-0.2, -0.15) is 0 Å². The number of Topliss-reactive ketones (excluding diaryl/α,β-unsaturated/α-hetero) is 1. The summed E-state index contributed by atoms with van der Waals surface area (Å²) in [5.41, 5.74) is 4.04. The summed E-state index contributed by atoms with van der Waals surface area (Å²) in [6.45, 7) is 13.2. The number of nitrogens with two attached hydrogens (primary N) is 1. The van der Waals surface area contributed by atoms with Gasteiger partial charge in [0, 0.05) is 17.9 Å². The highest BCUT2D eigenvalue weighted by Gasteiger charge is 2.76. The topological polar surface area (TPSA) is 149 Å². The van der Waals surface area contributed by atoms with E-state index in [9.17, 15) is 25.2 Å². The minimum Gasteiger partial charge on any atom is -0.393 e. The maximum absolute atomic E-state index is 14.2. The molecule has 2 heterocycles. The molecule has 0 spiro atoms. The summed E-state index contributed by atoms with van der Waals surface area (Å²) in [5.74, 6) is 0.502. The van der Waals surface area contributed by atoms with Gasteiger partial charge in [0.05, 0.1) is 28.7 Å². The highest BCUT2D eigenvalue weighted by molar-refractivity contribution is 6.00. The second-order valence-electron chi connectivity index (χ2n) is 18.1. The Labute approximate surface area is 281 Å². The lowest BCUT2D eigenvalue weighted by Gasteiger charge is -2.63. The molecule has 2 aliphatic heterocycles. The second-order valence-corrected chi connectivity index (χ2v) is 18.1. The van der Waals surface area contributed by atoms with Gasteiger partial charge in [0.15, 0.2) is 5.78 Å². The molecule has 3 saturated carbocycles. The van der Waals surface area contributed by atoms with E-state index in [2.05, 4.69) is 46.0 Å². The molecule has 1 saturated heterocycles. The van der Waals surface area contributed by atoms with Gasteiger partial charge in [-0.25, -0.2) is 0 Å². The van der Waals surface area contributed by atoms with Gasteiger partial charge in [-0.3, -0.25) is 4.79 Å². The number of ketones is 1. The first-order valence-corrected chi connectivity index (χ1v) is 18.6. The Kier molecular flexibility index (Phi) is 7.83. The third-order valence-corrected chi connectivity index (χ3v) is 15.5. The number of fused-ring (bicyclic) bond motifs is 2. The third-order valence-electron chi connectivity index (χ3n) is 15.5. The van der Waals surface area contributed by atoms with E-state index in [0.29, 0.717) is 44.5 Å². The van der Waals surface area contributed by atoms with Gasteiger partial charge < -0.3 is 36.2 Å². The van der Waals surface area contributed by atoms with Crippen LogP contribution in [0.5, 0.6) is 0 Å². The SMILES string of the molecule is CCC[C@@](O)([C@H]1C[C@@H]2CCC3=C4[C@H](CC[C@@]1(C)[C@]42O)[C@@]1(C)CC[C@H](O)C[C@H]1C3=O)[C@H]1O[C@@H]1[C@](C)(O)C(C)(C)CCC1=CCNC(N)=C1. The van der Waals surface area contributed by atoms with Crippen molar-refractivity contribution >= 4 is 5.78 Å². The first kappa shape index (κ1) is 33.8. The van der Waals surface area contributed by atoms with Gasteiger partial charge in [-0.1, -0.05) is 47.1 Å². The molecule has 7 rings (SSSR count). The molecular weight excluding hydrogens is 592 g/mol. The van der Waals surface area contributed by atoms with Crippen LogP contribution in [-0.4, -0.2) is 67.9 Å². The molecule has 0 aromatic carbocycles. The number of dihydropyridines is 1. The third kappa shape index (κ3) is 4.60. The van der Waals surface area contributed by atoms with Crippen LogP contribution in [0.15, 0.2) is 34.7 Å². The Bertz CT molecular complexity index is 1420. The molecule has 5 aliphatic carbocycles. The van der Waals surface area contributed by atoms with Crippen LogP contribution >= 0.6 is 0 Å². The molecule has 262 valence electrons. The fourth-order valence-corrected chi connectivity index (χ4v) is 12.1. The number of aliphatic hydroxyl groups is 4. The van der Waals surface area contributed by atoms with E-state index in [1.165, 1.54) is 0 Å². The molecule has 0 unspecified atom stereocenters. The maximum atomic E-state index is 14.2. The van der Waals surface area contributed by atoms with E-state index >= 15 is 0 Å². The van der Waals surface area contributed by atoms with Crippen LogP contribution in [0.4, 0.5) is 0 Å². The molecule has 8 nitrogen and oxygen atoms in total. The number of allylic oxidation sites excluding steroid dienone is 3. The second kappa shape index (κ2) is 10.9. The van der Waals surface area contributed by atoms with E-state index in [4.69, 9.17) is 10.5 Å².